The summed E-state index contributed by atoms with van der Waals surface area (Å²) in [7, 11) is 1.62. The molecule has 30 heavy (non-hydrogen) atoms. The first-order chi connectivity index (χ1) is 14.5. The number of amides is 2. The van der Waals surface area contributed by atoms with Gasteiger partial charge in [0.15, 0.2) is 0 Å². The van der Waals surface area contributed by atoms with Crippen molar-refractivity contribution in [1.82, 2.24) is 4.90 Å². The van der Waals surface area contributed by atoms with Gasteiger partial charge in [0.1, 0.15) is 12.4 Å². The number of carbonyl (C=O) groups excluding carboxylic acids is 3. The maximum Gasteiger partial charge on any atom is 0.313 e. The van der Waals surface area contributed by atoms with Gasteiger partial charge >= 0.3 is 5.97 Å². The normalized spacial score (nSPS) is 14.0. The van der Waals surface area contributed by atoms with Crippen LogP contribution in [0.2, 0.25) is 0 Å². The Morgan fingerprint density at radius 1 is 0.933 bits per heavy atom. The fraction of sp³-hybridized carbons (Fsp3) is 0.208. The summed E-state index contributed by atoms with van der Waals surface area (Å²) < 4.78 is 10.6. The monoisotopic (exact) mass is 403 g/mol. The van der Waals surface area contributed by atoms with Gasteiger partial charge in [-0.3, -0.25) is 19.3 Å². The second-order valence-electron chi connectivity index (χ2n) is 7.17. The molecule has 1 heterocycles. The zero-order valence-corrected chi connectivity index (χ0v) is 16.8. The lowest BCUT2D eigenvalue weighted by Crippen LogP contribution is -2.33. The standard InChI is InChI=1S/C24H21NO5/c1-15(16-7-8-18-14-19(29-2)10-9-17(18)13-16)24(28)30-12-11-25-22(26)20-5-3-4-6-21(20)23(25)27/h3-10,13-15H,11-12H2,1-2H3/t15-/m0/s1. The van der Waals surface area contributed by atoms with Crippen LogP contribution in [0.25, 0.3) is 10.8 Å². The van der Waals surface area contributed by atoms with E-state index in [1.165, 1.54) is 0 Å². The first-order valence-electron chi connectivity index (χ1n) is 9.69. The van der Waals surface area contributed by atoms with Gasteiger partial charge in [0.2, 0.25) is 0 Å². The van der Waals surface area contributed by atoms with Crippen LogP contribution in [-0.4, -0.2) is 42.9 Å². The van der Waals surface area contributed by atoms with E-state index in [2.05, 4.69) is 0 Å². The average molecular weight is 403 g/mol. The van der Waals surface area contributed by atoms with Gasteiger partial charge in [-0.15, -0.1) is 0 Å². The minimum Gasteiger partial charge on any atom is -0.497 e. The Kier molecular flexibility index (Phi) is 5.23. The van der Waals surface area contributed by atoms with Crippen LogP contribution in [0.4, 0.5) is 0 Å². The summed E-state index contributed by atoms with van der Waals surface area (Å²) in [5.41, 5.74) is 1.60. The van der Waals surface area contributed by atoms with E-state index in [0.717, 1.165) is 27.0 Å². The molecule has 0 bridgehead atoms. The van der Waals surface area contributed by atoms with Crippen molar-refractivity contribution >= 4 is 28.6 Å². The average Bonchev–Trinajstić information content (AvgIpc) is 3.02. The lowest BCUT2D eigenvalue weighted by Gasteiger charge is -2.16. The summed E-state index contributed by atoms with van der Waals surface area (Å²) in [6, 6.07) is 18.2. The van der Waals surface area contributed by atoms with E-state index in [0.29, 0.717) is 11.1 Å². The largest absolute Gasteiger partial charge is 0.497 e. The van der Waals surface area contributed by atoms with Crippen LogP contribution in [0.3, 0.4) is 0 Å². The quantitative estimate of drug-likeness (QED) is 0.463. The van der Waals surface area contributed by atoms with Gasteiger partial charge in [-0.2, -0.15) is 0 Å². The van der Waals surface area contributed by atoms with Crippen LogP contribution in [0.15, 0.2) is 60.7 Å². The SMILES string of the molecule is COc1ccc2cc([C@H](C)C(=O)OCCN3C(=O)c4ccccc4C3=O)ccc2c1. The number of imide groups is 1. The third kappa shape index (κ3) is 3.52. The van der Waals surface area contributed by atoms with Crippen LogP contribution in [0.5, 0.6) is 5.75 Å². The molecule has 4 rings (SSSR count). The molecule has 0 unspecified atom stereocenters. The van der Waals surface area contributed by atoms with Crippen molar-refractivity contribution in [2.45, 2.75) is 12.8 Å². The van der Waals surface area contributed by atoms with Crippen molar-refractivity contribution in [3.05, 3.63) is 77.4 Å². The number of rotatable bonds is 6. The second-order valence-corrected chi connectivity index (χ2v) is 7.17. The zero-order valence-electron chi connectivity index (χ0n) is 16.8. The predicted molar refractivity (Wildman–Crippen MR) is 112 cm³/mol. The molecule has 1 aliphatic heterocycles. The smallest absolute Gasteiger partial charge is 0.313 e. The van der Waals surface area contributed by atoms with Crippen molar-refractivity contribution in [2.24, 2.45) is 0 Å². The molecular formula is C24H21NO5. The van der Waals surface area contributed by atoms with Gasteiger partial charge in [-0.25, -0.2) is 0 Å². The second kappa shape index (κ2) is 7.99. The van der Waals surface area contributed by atoms with E-state index in [9.17, 15) is 14.4 Å². The van der Waals surface area contributed by atoms with Crippen molar-refractivity contribution in [2.75, 3.05) is 20.3 Å². The minimum absolute atomic E-state index is 0.0301. The van der Waals surface area contributed by atoms with Crippen molar-refractivity contribution in [3.63, 3.8) is 0 Å². The summed E-state index contributed by atoms with van der Waals surface area (Å²) in [6.07, 6.45) is 0. The van der Waals surface area contributed by atoms with E-state index in [1.807, 2.05) is 36.4 Å². The molecule has 3 aromatic rings. The number of methoxy groups -OCH3 is 1. The Morgan fingerprint density at radius 3 is 2.23 bits per heavy atom. The van der Waals surface area contributed by atoms with Crippen LogP contribution in [0.1, 0.15) is 39.1 Å². The topological polar surface area (TPSA) is 72.9 Å². The number of hydrogen-bond donors (Lipinski definition) is 0. The highest BCUT2D eigenvalue weighted by atomic mass is 16.5. The molecule has 0 fully saturated rings. The van der Waals surface area contributed by atoms with Gasteiger partial charge in [-0.1, -0.05) is 36.4 Å². The van der Waals surface area contributed by atoms with Crippen LogP contribution in [-0.2, 0) is 9.53 Å². The number of benzene rings is 3. The molecule has 0 aliphatic carbocycles. The Labute approximate surface area is 174 Å². The molecule has 6 nitrogen and oxygen atoms in total. The molecule has 0 spiro atoms. The van der Waals surface area contributed by atoms with E-state index in [4.69, 9.17) is 9.47 Å². The number of carbonyl (C=O) groups is 3. The number of ether oxygens (including phenoxy) is 2. The van der Waals surface area contributed by atoms with Crippen LogP contribution < -0.4 is 4.74 Å². The highest BCUT2D eigenvalue weighted by molar-refractivity contribution is 6.21. The Bertz CT molecular complexity index is 1120. The third-order valence-corrected chi connectivity index (χ3v) is 5.36. The summed E-state index contributed by atoms with van der Waals surface area (Å²) >= 11 is 0. The van der Waals surface area contributed by atoms with E-state index in [1.54, 1.807) is 38.3 Å². The number of fused-ring (bicyclic) bond motifs is 2. The molecule has 0 saturated carbocycles. The number of nitrogens with zero attached hydrogens (tertiary/aromatic N) is 1. The first kappa shape index (κ1) is 19.6. The van der Waals surface area contributed by atoms with Crippen LogP contribution in [0, 0.1) is 0 Å². The minimum atomic E-state index is -0.473. The Hall–Kier alpha value is -3.67. The van der Waals surface area contributed by atoms with Crippen molar-refractivity contribution < 1.29 is 23.9 Å². The Balaban J connectivity index is 1.38. The predicted octanol–water partition coefficient (Wildman–Crippen LogP) is 3.79. The Morgan fingerprint density at radius 2 is 1.57 bits per heavy atom. The summed E-state index contributed by atoms with van der Waals surface area (Å²) in [5.74, 6) is -0.816. The molecule has 0 saturated heterocycles. The van der Waals surface area contributed by atoms with Crippen molar-refractivity contribution in [3.8, 4) is 5.75 Å². The molecule has 3 aromatic carbocycles. The van der Waals surface area contributed by atoms with Gasteiger partial charge < -0.3 is 9.47 Å². The van der Waals surface area contributed by atoms with Crippen molar-refractivity contribution in [1.29, 1.82) is 0 Å². The summed E-state index contributed by atoms with van der Waals surface area (Å²) in [4.78, 5) is 38.3. The molecule has 152 valence electrons. The first-order valence-corrected chi connectivity index (χ1v) is 9.69. The molecule has 0 aromatic heterocycles. The highest BCUT2D eigenvalue weighted by Gasteiger charge is 2.35. The fourth-order valence-electron chi connectivity index (χ4n) is 3.58. The summed E-state index contributed by atoms with van der Waals surface area (Å²) in [5, 5.41) is 2.02. The lowest BCUT2D eigenvalue weighted by molar-refractivity contribution is -0.145. The maximum absolute atomic E-state index is 12.5. The van der Waals surface area contributed by atoms with Gasteiger partial charge in [-0.05, 0) is 47.5 Å². The number of hydrogen-bond acceptors (Lipinski definition) is 5. The molecule has 6 heteroatoms. The molecule has 1 aliphatic rings. The molecule has 1 atom stereocenters. The zero-order chi connectivity index (χ0) is 21.3. The fourth-order valence-corrected chi connectivity index (χ4v) is 3.58. The van der Waals surface area contributed by atoms with E-state index < -0.39 is 11.9 Å². The number of esters is 1. The van der Waals surface area contributed by atoms with Gasteiger partial charge in [0.05, 0.1) is 30.7 Å². The molecular weight excluding hydrogens is 382 g/mol. The van der Waals surface area contributed by atoms with Gasteiger partial charge in [0, 0.05) is 0 Å². The molecule has 0 N–H and O–H groups in total. The molecule has 0 radical (unpaired) electrons. The van der Waals surface area contributed by atoms with E-state index >= 15 is 0 Å². The molecule has 2 amide bonds. The maximum atomic E-state index is 12.5. The lowest BCUT2D eigenvalue weighted by atomic mass is 9.98. The van der Waals surface area contributed by atoms with Crippen LogP contribution >= 0.6 is 0 Å². The third-order valence-electron chi connectivity index (χ3n) is 5.36. The van der Waals surface area contributed by atoms with Gasteiger partial charge in [0.25, 0.3) is 11.8 Å². The van der Waals surface area contributed by atoms with E-state index in [-0.39, 0.29) is 25.0 Å². The highest BCUT2D eigenvalue weighted by Crippen LogP contribution is 2.26. The summed E-state index contributed by atoms with van der Waals surface area (Å²) in [6.45, 7) is 1.76.